The van der Waals surface area contributed by atoms with Gasteiger partial charge in [0.15, 0.2) is 0 Å². The second kappa shape index (κ2) is 9.16. The number of hydrogen-bond donors (Lipinski definition) is 0. The minimum Gasteiger partial charge on any atom is -0.378 e. The summed E-state index contributed by atoms with van der Waals surface area (Å²) in [5.74, 6) is 0.258. The van der Waals surface area contributed by atoms with Crippen LogP contribution >= 0.6 is 0 Å². The molecule has 3 fully saturated rings. The molecule has 178 valence electrons. The molecule has 6 nitrogen and oxygen atoms in total. The van der Waals surface area contributed by atoms with Crippen LogP contribution in [-0.2, 0) is 11.2 Å². The van der Waals surface area contributed by atoms with Gasteiger partial charge in [0.2, 0.25) is 0 Å². The first-order chi connectivity index (χ1) is 16.7. The Bertz CT molecular complexity index is 1070. The molecule has 0 spiro atoms. The van der Waals surface area contributed by atoms with E-state index < -0.39 is 0 Å². The lowest BCUT2D eigenvalue weighted by atomic mass is 9.92. The summed E-state index contributed by atoms with van der Waals surface area (Å²) in [6, 6.07) is 15.2. The lowest BCUT2D eigenvalue weighted by molar-refractivity contribution is 0.0303. The Morgan fingerprint density at radius 3 is 2.35 bits per heavy atom. The average molecular weight is 460 g/mol. The predicted molar refractivity (Wildman–Crippen MR) is 131 cm³/mol. The number of carbonyl (C=O) groups excluding carboxylic acids is 2. The van der Waals surface area contributed by atoms with Gasteiger partial charge in [0.05, 0.1) is 13.2 Å². The number of benzene rings is 2. The molecule has 2 aromatic rings. The summed E-state index contributed by atoms with van der Waals surface area (Å²) in [7, 11) is 0. The molecule has 3 aliphatic heterocycles. The summed E-state index contributed by atoms with van der Waals surface area (Å²) in [6.45, 7) is 5.49. The van der Waals surface area contributed by atoms with Crippen molar-refractivity contribution < 1.29 is 14.3 Å². The van der Waals surface area contributed by atoms with Crippen molar-refractivity contribution in [3.05, 3.63) is 59.2 Å². The minimum atomic E-state index is 0.0637. The molecule has 4 aliphatic rings. The van der Waals surface area contributed by atoms with Gasteiger partial charge in [-0.3, -0.25) is 14.5 Å². The van der Waals surface area contributed by atoms with E-state index in [1.165, 1.54) is 19.3 Å². The van der Waals surface area contributed by atoms with Crippen LogP contribution in [0.15, 0.2) is 42.5 Å². The molecule has 1 aliphatic carbocycles. The molecular weight excluding hydrogens is 426 g/mol. The first-order valence-corrected chi connectivity index (χ1v) is 12.8. The van der Waals surface area contributed by atoms with E-state index in [-0.39, 0.29) is 11.8 Å². The maximum Gasteiger partial charge on any atom is 0.254 e. The number of fused-ring (bicyclic) bond motifs is 1. The van der Waals surface area contributed by atoms with Crippen molar-refractivity contribution in [2.45, 2.75) is 44.2 Å². The number of nitrogens with zero attached hydrogens (tertiary/aromatic N) is 3. The van der Waals surface area contributed by atoms with E-state index in [4.69, 9.17) is 4.74 Å². The lowest BCUT2D eigenvalue weighted by Gasteiger charge is -2.37. The molecule has 1 atom stereocenters. The van der Waals surface area contributed by atoms with Crippen LogP contribution in [0.5, 0.6) is 0 Å². The molecule has 34 heavy (non-hydrogen) atoms. The van der Waals surface area contributed by atoms with Gasteiger partial charge in [-0.05, 0) is 60.6 Å². The average Bonchev–Trinajstić information content (AvgIpc) is 3.32. The monoisotopic (exact) mass is 459 g/mol. The molecular formula is C28H33N3O3. The fraction of sp³-hybridized carbons (Fsp3) is 0.500. The zero-order valence-corrected chi connectivity index (χ0v) is 19.7. The van der Waals surface area contributed by atoms with Crippen LogP contribution < -0.4 is 0 Å². The van der Waals surface area contributed by atoms with Crippen LogP contribution in [0.1, 0.15) is 52.0 Å². The molecule has 2 amide bonds. The molecule has 0 radical (unpaired) electrons. The van der Waals surface area contributed by atoms with Gasteiger partial charge in [-0.2, -0.15) is 0 Å². The van der Waals surface area contributed by atoms with E-state index in [1.54, 1.807) is 0 Å². The van der Waals surface area contributed by atoms with Crippen molar-refractivity contribution in [2.24, 2.45) is 0 Å². The number of likely N-dealkylation sites (tertiary alicyclic amines) is 1. The zero-order chi connectivity index (χ0) is 23.1. The Hall–Kier alpha value is -2.70. The predicted octanol–water partition coefficient (Wildman–Crippen LogP) is 3.45. The second-order valence-corrected chi connectivity index (χ2v) is 10.1. The van der Waals surface area contributed by atoms with Gasteiger partial charge in [0, 0.05) is 55.9 Å². The summed E-state index contributed by atoms with van der Waals surface area (Å²) in [5.41, 5.74) is 4.88. The highest BCUT2D eigenvalue weighted by Gasteiger charge is 2.37. The van der Waals surface area contributed by atoms with Crippen molar-refractivity contribution in [1.82, 2.24) is 14.7 Å². The van der Waals surface area contributed by atoms with Crippen molar-refractivity contribution in [3.63, 3.8) is 0 Å². The highest BCUT2D eigenvalue weighted by atomic mass is 16.5. The van der Waals surface area contributed by atoms with Crippen LogP contribution in [0.3, 0.4) is 0 Å². The van der Waals surface area contributed by atoms with Crippen molar-refractivity contribution in [3.8, 4) is 11.1 Å². The summed E-state index contributed by atoms with van der Waals surface area (Å²) in [6.07, 6.45) is 6.02. The largest absolute Gasteiger partial charge is 0.378 e. The number of amides is 2. The Morgan fingerprint density at radius 2 is 1.62 bits per heavy atom. The highest BCUT2D eigenvalue weighted by molar-refractivity contribution is 5.98. The lowest BCUT2D eigenvalue weighted by Crippen LogP contribution is -2.47. The summed E-state index contributed by atoms with van der Waals surface area (Å²) < 4.78 is 5.35. The highest BCUT2D eigenvalue weighted by Crippen LogP contribution is 2.32. The van der Waals surface area contributed by atoms with Crippen LogP contribution in [0.2, 0.25) is 0 Å². The smallest absolute Gasteiger partial charge is 0.254 e. The van der Waals surface area contributed by atoms with Crippen molar-refractivity contribution >= 4 is 11.8 Å². The Balaban J connectivity index is 1.14. The molecule has 0 unspecified atom stereocenters. The fourth-order valence-corrected chi connectivity index (χ4v) is 5.89. The quantitative estimate of drug-likeness (QED) is 0.703. The SMILES string of the molecule is O=C(c1ccc(-c2ccc3c(c2)CCN([C@@H]2CCN(C4CCC4)C2)C3=O)cc1)N1CCOCC1. The molecule has 2 aromatic carbocycles. The first kappa shape index (κ1) is 21.8. The van der Waals surface area contributed by atoms with E-state index >= 15 is 0 Å². The van der Waals surface area contributed by atoms with Gasteiger partial charge >= 0.3 is 0 Å². The van der Waals surface area contributed by atoms with Crippen LogP contribution in [0.25, 0.3) is 11.1 Å². The van der Waals surface area contributed by atoms with Gasteiger partial charge in [-0.25, -0.2) is 0 Å². The van der Waals surface area contributed by atoms with Crippen molar-refractivity contribution in [2.75, 3.05) is 45.9 Å². The molecule has 0 N–H and O–H groups in total. The third-order valence-corrected chi connectivity index (χ3v) is 8.21. The zero-order valence-electron chi connectivity index (χ0n) is 19.7. The Morgan fingerprint density at radius 1 is 0.853 bits per heavy atom. The first-order valence-electron chi connectivity index (χ1n) is 12.8. The van der Waals surface area contributed by atoms with Gasteiger partial charge in [0.1, 0.15) is 0 Å². The number of rotatable bonds is 4. The van der Waals surface area contributed by atoms with Crippen LogP contribution in [0.4, 0.5) is 0 Å². The number of ether oxygens (including phenoxy) is 1. The van der Waals surface area contributed by atoms with Gasteiger partial charge < -0.3 is 14.5 Å². The standard InChI is InChI=1S/C28H33N3O3/c32-27(29-14-16-34-17-15-29)21-6-4-20(5-7-21)22-8-9-26-23(18-22)10-13-31(28(26)33)25-11-12-30(19-25)24-2-1-3-24/h4-9,18,24-25H,1-3,10-17,19H2/t25-/m1/s1. The maximum atomic E-state index is 13.3. The number of morpholine rings is 1. The normalized spacial score (nSPS) is 23.6. The van der Waals surface area contributed by atoms with E-state index in [2.05, 4.69) is 15.9 Å². The molecule has 6 heteroatoms. The van der Waals surface area contributed by atoms with E-state index in [0.29, 0.717) is 37.9 Å². The van der Waals surface area contributed by atoms with Gasteiger partial charge in [0.25, 0.3) is 11.8 Å². The minimum absolute atomic E-state index is 0.0637. The molecule has 0 bridgehead atoms. The Labute approximate surface area is 201 Å². The van der Waals surface area contributed by atoms with E-state index in [9.17, 15) is 9.59 Å². The third kappa shape index (κ3) is 4.03. The maximum absolute atomic E-state index is 13.3. The van der Waals surface area contributed by atoms with Gasteiger partial charge in [-0.15, -0.1) is 0 Å². The van der Waals surface area contributed by atoms with Crippen LogP contribution in [-0.4, -0.2) is 84.5 Å². The second-order valence-electron chi connectivity index (χ2n) is 10.1. The molecule has 2 saturated heterocycles. The van der Waals surface area contributed by atoms with Crippen molar-refractivity contribution in [1.29, 1.82) is 0 Å². The summed E-state index contributed by atoms with van der Waals surface area (Å²) in [4.78, 5) is 32.6. The van der Waals surface area contributed by atoms with Gasteiger partial charge in [-0.1, -0.05) is 30.7 Å². The molecule has 3 heterocycles. The molecule has 1 saturated carbocycles. The Kier molecular flexibility index (Phi) is 5.87. The summed E-state index contributed by atoms with van der Waals surface area (Å²) >= 11 is 0. The van der Waals surface area contributed by atoms with Crippen LogP contribution in [0, 0.1) is 0 Å². The van der Waals surface area contributed by atoms with E-state index in [0.717, 1.165) is 60.8 Å². The third-order valence-electron chi connectivity index (χ3n) is 8.21. The summed E-state index contributed by atoms with van der Waals surface area (Å²) in [5, 5.41) is 0. The topological polar surface area (TPSA) is 53.1 Å². The number of carbonyl (C=O) groups is 2. The number of hydrogen-bond acceptors (Lipinski definition) is 4. The molecule has 6 rings (SSSR count). The van der Waals surface area contributed by atoms with E-state index in [1.807, 2.05) is 41.3 Å². The fourth-order valence-electron chi connectivity index (χ4n) is 5.89. The molecule has 0 aromatic heterocycles.